The SMILES string of the molecule is CCCCOC(=O)C1=C(N)OC2=C(C(=O)CC(C)(C)C2)C12C(=O)Nc1ccccc12. The Morgan fingerprint density at radius 3 is 2.70 bits per heavy atom. The van der Waals surface area contributed by atoms with Gasteiger partial charge in [-0.2, -0.15) is 0 Å². The number of Topliss-reactive ketones (excluding diaryl/α,β-unsaturated/α-hetero) is 1. The van der Waals surface area contributed by atoms with Crippen LogP contribution in [0.2, 0.25) is 0 Å². The van der Waals surface area contributed by atoms with E-state index in [0.29, 0.717) is 29.9 Å². The molecule has 0 radical (unpaired) electrons. The highest BCUT2D eigenvalue weighted by molar-refractivity contribution is 6.22. The molecule has 7 nitrogen and oxygen atoms in total. The lowest BCUT2D eigenvalue weighted by molar-refractivity contribution is -0.141. The molecule has 4 rings (SSSR count). The number of ether oxygens (including phenoxy) is 2. The molecule has 0 saturated carbocycles. The van der Waals surface area contributed by atoms with E-state index in [2.05, 4.69) is 5.32 Å². The summed E-state index contributed by atoms with van der Waals surface area (Å²) in [5.41, 5.74) is 5.36. The van der Waals surface area contributed by atoms with E-state index in [1.807, 2.05) is 20.8 Å². The maximum Gasteiger partial charge on any atom is 0.341 e. The number of hydrogen-bond acceptors (Lipinski definition) is 6. The van der Waals surface area contributed by atoms with E-state index in [4.69, 9.17) is 15.2 Å². The number of hydrogen-bond donors (Lipinski definition) is 2. The predicted octanol–water partition coefficient (Wildman–Crippen LogP) is 3.06. The fourth-order valence-electron chi connectivity index (χ4n) is 4.65. The quantitative estimate of drug-likeness (QED) is 0.583. The van der Waals surface area contributed by atoms with Gasteiger partial charge in [-0.1, -0.05) is 45.4 Å². The number of ketones is 1. The number of fused-ring (bicyclic) bond motifs is 3. The molecule has 1 spiro atoms. The number of unbranched alkanes of at least 4 members (excludes halogenated alkanes) is 1. The molecule has 0 saturated heterocycles. The summed E-state index contributed by atoms with van der Waals surface area (Å²) in [6.45, 7) is 6.09. The molecule has 7 heteroatoms. The number of esters is 1. The predicted molar refractivity (Wildman–Crippen MR) is 110 cm³/mol. The summed E-state index contributed by atoms with van der Waals surface area (Å²) < 4.78 is 11.2. The molecular formula is C23H26N2O5. The summed E-state index contributed by atoms with van der Waals surface area (Å²) in [6.07, 6.45) is 2.20. The van der Waals surface area contributed by atoms with Gasteiger partial charge in [0.1, 0.15) is 16.7 Å². The fourth-order valence-corrected chi connectivity index (χ4v) is 4.65. The minimum absolute atomic E-state index is 0.118. The Bertz CT molecular complexity index is 1020. The van der Waals surface area contributed by atoms with Crippen molar-refractivity contribution in [2.75, 3.05) is 11.9 Å². The van der Waals surface area contributed by atoms with Gasteiger partial charge in [0.2, 0.25) is 11.8 Å². The van der Waals surface area contributed by atoms with Crippen LogP contribution in [0.4, 0.5) is 5.69 Å². The summed E-state index contributed by atoms with van der Waals surface area (Å²) in [4.78, 5) is 40.0. The lowest BCUT2D eigenvalue weighted by Crippen LogP contribution is -2.50. The number of allylic oxidation sites excluding steroid dienone is 1. The van der Waals surface area contributed by atoms with Crippen molar-refractivity contribution in [3.05, 3.63) is 52.6 Å². The summed E-state index contributed by atoms with van der Waals surface area (Å²) in [6, 6.07) is 7.03. The van der Waals surface area contributed by atoms with Gasteiger partial charge in [0.25, 0.3) is 0 Å². The second-order valence-electron chi connectivity index (χ2n) is 8.82. The molecule has 2 aliphatic heterocycles. The Balaban J connectivity index is 1.96. The minimum atomic E-state index is -1.66. The topological polar surface area (TPSA) is 108 Å². The van der Waals surface area contributed by atoms with Gasteiger partial charge >= 0.3 is 5.97 Å². The van der Waals surface area contributed by atoms with E-state index >= 15 is 0 Å². The zero-order chi connectivity index (χ0) is 21.7. The summed E-state index contributed by atoms with van der Waals surface area (Å²) in [5.74, 6) is -1.28. The average Bonchev–Trinajstić information content (AvgIpc) is 2.93. The Labute approximate surface area is 175 Å². The van der Waals surface area contributed by atoms with Gasteiger partial charge in [0.05, 0.1) is 12.2 Å². The number of nitrogens with two attached hydrogens (primary N) is 1. The number of amides is 1. The molecule has 1 amide bonds. The van der Waals surface area contributed by atoms with Crippen LogP contribution >= 0.6 is 0 Å². The minimum Gasteiger partial charge on any atom is -0.462 e. The third-order valence-electron chi connectivity index (χ3n) is 5.92. The first kappa shape index (κ1) is 20.2. The molecule has 1 aromatic rings. The van der Waals surface area contributed by atoms with Crippen molar-refractivity contribution in [1.29, 1.82) is 0 Å². The Morgan fingerprint density at radius 1 is 1.23 bits per heavy atom. The molecule has 1 aliphatic carbocycles. The van der Waals surface area contributed by atoms with Crippen LogP contribution in [0.15, 0.2) is 47.1 Å². The van der Waals surface area contributed by atoms with Gasteiger partial charge in [-0.25, -0.2) is 4.79 Å². The van der Waals surface area contributed by atoms with Crippen LogP contribution in [-0.2, 0) is 29.3 Å². The number of para-hydroxylation sites is 1. The van der Waals surface area contributed by atoms with E-state index in [1.54, 1.807) is 24.3 Å². The number of benzene rings is 1. The molecule has 1 unspecified atom stereocenters. The maximum atomic E-state index is 13.5. The van der Waals surface area contributed by atoms with E-state index in [9.17, 15) is 14.4 Å². The van der Waals surface area contributed by atoms with Crippen molar-refractivity contribution in [3.8, 4) is 0 Å². The molecule has 0 bridgehead atoms. The molecule has 158 valence electrons. The highest BCUT2D eigenvalue weighted by Crippen LogP contribution is 2.56. The number of rotatable bonds is 4. The van der Waals surface area contributed by atoms with Gasteiger partial charge in [-0.3, -0.25) is 9.59 Å². The second-order valence-corrected chi connectivity index (χ2v) is 8.82. The molecule has 0 fully saturated rings. The van der Waals surface area contributed by atoms with Crippen LogP contribution in [0, 0.1) is 5.41 Å². The second kappa shape index (κ2) is 7.00. The molecule has 30 heavy (non-hydrogen) atoms. The van der Waals surface area contributed by atoms with Crippen molar-refractivity contribution >= 4 is 23.3 Å². The largest absolute Gasteiger partial charge is 0.462 e. The molecule has 1 aromatic carbocycles. The molecule has 3 N–H and O–H groups in total. The highest BCUT2D eigenvalue weighted by atomic mass is 16.5. The van der Waals surface area contributed by atoms with Gasteiger partial charge in [0.15, 0.2) is 5.78 Å². The Kier molecular flexibility index (Phi) is 4.71. The summed E-state index contributed by atoms with van der Waals surface area (Å²) in [7, 11) is 0. The lowest BCUT2D eigenvalue weighted by atomic mass is 9.62. The Hall–Kier alpha value is -3.09. The first-order valence-electron chi connectivity index (χ1n) is 10.3. The molecule has 3 aliphatic rings. The van der Waals surface area contributed by atoms with Crippen LogP contribution in [0.3, 0.4) is 0 Å². The van der Waals surface area contributed by atoms with Crippen molar-refractivity contribution < 1.29 is 23.9 Å². The van der Waals surface area contributed by atoms with Gasteiger partial charge < -0.3 is 20.5 Å². The van der Waals surface area contributed by atoms with Gasteiger partial charge in [-0.05, 0) is 17.9 Å². The van der Waals surface area contributed by atoms with Crippen molar-refractivity contribution in [2.24, 2.45) is 11.1 Å². The maximum absolute atomic E-state index is 13.5. The molecule has 0 aromatic heterocycles. The van der Waals surface area contributed by atoms with Gasteiger partial charge in [-0.15, -0.1) is 0 Å². The van der Waals surface area contributed by atoms with Crippen LogP contribution in [0.25, 0.3) is 0 Å². The van der Waals surface area contributed by atoms with Crippen LogP contribution in [-0.4, -0.2) is 24.3 Å². The van der Waals surface area contributed by atoms with E-state index in [1.165, 1.54) is 0 Å². The van der Waals surface area contributed by atoms with Crippen LogP contribution < -0.4 is 11.1 Å². The number of nitrogens with one attached hydrogen (secondary N) is 1. The van der Waals surface area contributed by atoms with Crippen LogP contribution in [0.5, 0.6) is 0 Å². The van der Waals surface area contributed by atoms with Crippen LogP contribution in [0.1, 0.15) is 52.0 Å². The standard InChI is InChI=1S/C23H26N2O5/c1-4-5-10-29-20(27)18-19(24)30-16-12-22(2,3)11-15(26)17(16)23(18)13-8-6-7-9-14(13)25-21(23)28/h6-9H,4-5,10-12,24H2,1-3H3,(H,25,28). The van der Waals surface area contributed by atoms with E-state index in [0.717, 1.165) is 6.42 Å². The molecular weight excluding hydrogens is 384 g/mol. The average molecular weight is 410 g/mol. The summed E-state index contributed by atoms with van der Waals surface area (Å²) in [5, 5.41) is 2.83. The van der Waals surface area contributed by atoms with E-state index < -0.39 is 17.3 Å². The molecule has 2 heterocycles. The zero-order valence-corrected chi connectivity index (χ0v) is 17.5. The lowest BCUT2D eigenvalue weighted by Gasteiger charge is -2.41. The first-order chi connectivity index (χ1) is 14.2. The zero-order valence-electron chi connectivity index (χ0n) is 17.5. The normalized spacial score (nSPS) is 24.4. The highest BCUT2D eigenvalue weighted by Gasteiger charge is 2.62. The van der Waals surface area contributed by atoms with Gasteiger partial charge in [0, 0.05) is 24.1 Å². The number of anilines is 1. The van der Waals surface area contributed by atoms with Crippen molar-refractivity contribution in [2.45, 2.75) is 51.9 Å². The number of carbonyl (C=O) groups excluding carboxylic acids is 3. The first-order valence-corrected chi connectivity index (χ1v) is 10.3. The van der Waals surface area contributed by atoms with Crippen molar-refractivity contribution in [3.63, 3.8) is 0 Å². The fraction of sp³-hybridized carbons (Fsp3) is 0.435. The third kappa shape index (κ3) is 2.83. The van der Waals surface area contributed by atoms with E-state index in [-0.39, 0.29) is 41.3 Å². The monoisotopic (exact) mass is 410 g/mol. The number of carbonyl (C=O) groups is 3. The summed E-state index contributed by atoms with van der Waals surface area (Å²) >= 11 is 0. The smallest absolute Gasteiger partial charge is 0.341 e. The molecule has 1 atom stereocenters. The van der Waals surface area contributed by atoms with Crippen molar-refractivity contribution in [1.82, 2.24) is 0 Å². The third-order valence-corrected chi connectivity index (χ3v) is 5.92. The Morgan fingerprint density at radius 2 is 1.97 bits per heavy atom.